The predicted octanol–water partition coefficient (Wildman–Crippen LogP) is 2.61. The van der Waals surface area contributed by atoms with E-state index in [0.29, 0.717) is 5.82 Å². The first-order valence-corrected chi connectivity index (χ1v) is 11.0. The van der Waals surface area contributed by atoms with E-state index in [1.807, 2.05) is 23.0 Å². The number of rotatable bonds is 3. The van der Waals surface area contributed by atoms with Crippen molar-refractivity contribution >= 4 is 16.7 Å². The van der Waals surface area contributed by atoms with Gasteiger partial charge in [0.2, 0.25) is 0 Å². The van der Waals surface area contributed by atoms with E-state index >= 15 is 0 Å². The smallest absolute Gasteiger partial charge is 0.159 e. The van der Waals surface area contributed by atoms with Gasteiger partial charge < -0.3 is 10.0 Å². The minimum absolute atomic E-state index is 0.168. The maximum absolute atomic E-state index is 10.3. The number of nitrogens with zero attached hydrogens (tertiary/aromatic N) is 7. The van der Waals surface area contributed by atoms with Crippen molar-refractivity contribution in [2.45, 2.75) is 44.6 Å². The molecule has 8 heteroatoms. The fraction of sp³-hybridized carbons (Fsp3) is 0.522. The molecule has 3 aromatic heterocycles. The lowest BCUT2D eigenvalue weighted by atomic mass is 9.88. The molecule has 4 heterocycles. The summed E-state index contributed by atoms with van der Waals surface area (Å²) >= 11 is 0. The molecule has 1 spiro atoms. The first-order valence-electron chi connectivity index (χ1n) is 11.0. The third-order valence-electron chi connectivity index (χ3n) is 7.68. The molecule has 3 unspecified atom stereocenters. The van der Waals surface area contributed by atoms with Crippen molar-refractivity contribution in [3.63, 3.8) is 0 Å². The second kappa shape index (κ2) is 6.24. The summed E-state index contributed by atoms with van der Waals surface area (Å²) in [7, 11) is 0. The first-order chi connectivity index (χ1) is 15.0. The number of nitriles is 1. The van der Waals surface area contributed by atoms with Crippen molar-refractivity contribution < 1.29 is 5.11 Å². The Labute approximate surface area is 180 Å². The highest BCUT2D eigenvalue weighted by molar-refractivity contribution is 5.80. The molecule has 0 radical (unpaired) electrons. The number of aliphatic hydroxyl groups is 1. The van der Waals surface area contributed by atoms with Crippen molar-refractivity contribution in [3.8, 4) is 11.9 Å². The van der Waals surface area contributed by atoms with Crippen LogP contribution in [0.4, 0.5) is 5.82 Å². The topological polar surface area (TPSA) is 104 Å². The lowest BCUT2D eigenvalue weighted by molar-refractivity contribution is 0.0527. The Morgan fingerprint density at radius 2 is 1.81 bits per heavy atom. The highest BCUT2D eigenvalue weighted by atomic mass is 16.3. The Kier molecular flexibility index (Phi) is 3.76. The van der Waals surface area contributed by atoms with E-state index in [1.54, 1.807) is 12.5 Å². The van der Waals surface area contributed by atoms with Gasteiger partial charge in [-0.3, -0.25) is 4.98 Å². The standard InChI is InChI=1S/C23H25N7O/c1-14-9-29(10-15(2)21(14)31)19-6-20(27-13-26-19)30-17-5-18(25-7-16(17)8-28-30)23(12-24)11-22(23)3-4-22/h5-8,13-15,21,31H,3-4,9-11H2,1-2H3. The van der Waals surface area contributed by atoms with Crippen molar-refractivity contribution in [3.05, 3.63) is 36.5 Å². The lowest BCUT2D eigenvalue weighted by Gasteiger charge is -2.39. The monoisotopic (exact) mass is 415 g/mol. The van der Waals surface area contributed by atoms with E-state index < -0.39 is 5.41 Å². The number of aromatic nitrogens is 5. The van der Waals surface area contributed by atoms with Gasteiger partial charge in [0, 0.05) is 30.7 Å². The molecule has 6 rings (SSSR count). The molecule has 158 valence electrons. The van der Waals surface area contributed by atoms with Gasteiger partial charge in [0.05, 0.1) is 29.6 Å². The summed E-state index contributed by atoms with van der Waals surface area (Å²) in [6, 6.07) is 6.52. The van der Waals surface area contributed by atoms with Gasteiger partial charge >= 0.3 is 0 Å². The molecular formula is C23H25N7O. The van der Waals surface area contributed by atoms with Gasteiger partial charge in [-0.15, -0.1) is 0 Å². The zero-order valence-electron chi connectivity index (χ0n) is 17.7. The summed E-state index contributed by atoms with van der Waals surface area (Å²) in [4.78, 5) is 15.8. The van der Waals surface area contributed by atoms with E-state index in [9.17, 15) is 10.4 Å². The fourth-order valence-electron chi connectivity index (χ4n) is 5.49. The average Bonchev–Trinajstić information content (AvgIpc) is 3.66. The molecule has 3 fully saturated rings. The third-order valence-corrected chi connectivity index (χ3v) is 7.68. The summed E-state index contributed by atoms with van der Waals surface area (Å²) in [5.74, 6) is 1.88. The Morgan fingerprint density at radius 1 is 1.06 bits per heavy atom. The molecule has 0 bridgehead atoms. The summed E-state index contributed by atoms with van der Waals surface area (Å²) in [5.41, 5.74) is 1.49. The summed E-state index contributed by atoms with van der Waals surface area (Å²) in [6.07, 6.45) is 8.04. The average molecular weight is 416 g/mol. The normalized spacial score (nSPS) is 31.0. The maximum atomic E-state index is 10.3. The highest BCUT2D eigenvalue weighted by Gasteiger charge is 2.76. The van der Waals surface area contributed by atoms with Crippen LogP contribution in [0, 0.1) is 28.6 Å². The van der Waals surface area contributed by atoms with E-state index in [1.165, 1.54) is 0 Å². The maximum Gasteiger partial charge on any atom is 0.159 e. The zero-order chi connectivity index (χ0) is 21.4. The molecule has 3 aliphatic rings. The van der Waals surface area contributed by atoms with Crippen molar-refractivity contribution in [2.24, 2.45) is 17.3 Å². The minimum Gasteiger partial charge on any atom is -0.392 e. The molecule has 8 nitrogen and oxygen atoms in total. The van der Waals surface area contributed by atoms with Gasteiger partial charge in [0.15, 0.2) is 5.82 Å². The number of piperidine rings is 1. The number of anilines is 1. The molecule has 1 aliphatic heterocycles. The van der Waals surface area contributed by atoms with E-state index in [-0.39, 0.29) is 23.4 Å². The molecule has 0 amide bonds. The molecule has 31 heavy (non-hydrogen) atoms. The van der Waals surface area contributed by atoms with Gasteiger partial charge in [0.25, 0.3) is 0 Å². The Hall–Kier alpha value is -3.05. The molecule has 1 saturated heterocycles. The molecule has 2 aliphatic carbocycles. The zero-order valence-corrected chi connectivity index (χ0v) is 17.7. The number of aliphatic hydroxyl groups excluding tert-OH is 1. The number of fused-ring (bicyclic) bond motifs is 1. The number of hydrogen-bond acceptors (Lipinski definition) is 7. The predicted molar refractivity (Wildman–Crippen MR) is 115 cm³/mol. The second-order valence-electron chi connectivity index (χ2n) is 9.74. The van der Waals surface area contributed by atoms with Gasteiger partial charge in [-0.25, -0.2) is 14.6 Å². The van der Waals surface area contributed by atoms with Gasteiger partial charge in [-0.05, 0) is 42.6 Å². The first kappa shape index (κ1) is 18.7. The van der Waals surface area contributed by atoms with Crippen LogP contribution in [0.15, 0.2) is 30.9 Å². The van der Waals surface area contributed by atoms with Crippen LogP contribution in [-0.4, -0.2) is 49.0 Å². The van der Waals surface area contributed by atoms with Crippen LogP contribution >= 0.6 is 0 Å². The van der Waals surface area contributed by atoms with Crippen molar-refractivity contribution in [2.75, 3.05) is 18.0 Å². The van der Waals surface area contributed by atoms with Crippen LogP contribution in [0.5, 0.6) is 0 Å². The van der Waals surface area contributed by atoms with Crippen LogP contribution in [0.25, 0.3) is 16.7 Å². The van der Waals surface area contributed by atoms with Crippen LogP contribution in [0.3, 0.4) is 0 Å². The molecule has 2 saturated carbocycles. The van der Waals surface area contributed by atoms with Gasteiger partial charge in [0.1, 0.15) is 17.6 Å². The molecule has 3 aromatic rings. The second-order valence-corrected chi connectivity index (χ2v) is 9.74. The van der Waals surface area contributed by atoms with Crippen molar-refractivity contribution in [1.29, 1.82) is 5.26 Å². The summed E-state index contributed by atoms with van der Waals surface area (Å²) < 4.78 is 1.81. The van der Waals surface area contributed by atoms with Crippen LogP contribution in [-0.2, 0) is 5.41 Å². The molecule has 3 atom stereocenters. The summed E-state index contributed by atoms with van der Waals surface area (Å²) in [5, 5.41) is 25.7. The van der Waals surface area contributed by atoms with E-state index in [2.05, 4.69) is 44.9 Å². The van der Waals surface area contributed by atoms with Gasteiger partial charge in [-0.1, -0.05) is 13.8 Å². The molecule has 0 aromatic carbocycles. The lowest BCUT2D eigenvalue weighted by Crippen LogP contribution is -2.47. The van der Waals surface area contributed by atoms with Crippen LogP contribution in [0.1, 0.15) is 38.8 Å². The van der Waals surface area contributed by atoms with Crippen LogP contribution in [0.2, 0.25) is 0 Å². The van der Waals surface area contributed by atoms with Crippen molar-refractivity contribution in [1.82, 2.24) is 24.7 Å². The quantitative estimate of drug-likeness (QED) is 0.701. The number of pyridine rings is 1. The Morgan fingerprint density at radius 3 is 2.48 bits per heavy atom. The largest absolute Gasteiger partial charge is 0.392 e. The van der Waals surface area contributed by atoms with E-state index in [4.69, 9.17) is 0 Å². The Balaban J connectivity index is 1.37. The number of hydrogen-bond donors (Lipinski definition) is 1. The fourth-order valence-corrected chi connectivity index (χ4v) is 5.49. The minimum atomic E-state index is -0.436. The third kappa shape index (κ3) is 2.62. The van der Waals surface area contributed by atoms with E-state index in [0.717, 1.165) is 54.8 Å². The summed E-state index contributed by atoms with van der Waals surface area (Å²) in [6.45, 7) is 5.65. The molecular weight excluding hydrogens is 390 g/mol. The SMILES string of the molecule is CC1CN(c2cc(-n3ncc4cnc(C5(C#N)CC56CC6)cc43)ncn2)CC(C)C1O. The molecule has 1 N–H and O–H groups in total. The van der Waals surface area contributed by atoms with Gasteiger partial charge in [-0.2, -0.15) is 10.4 Å². The Bertz CT molecular complexity index is 1210. The highest BCUT2D eigenvalue weighted by Crippen LogP contribution is 2.78. The van der Waals surface area contributed by atoms with Crippen LogP contribution < -0.4 is 4.90 Å².